The maximum Gasteiger partial charge on any atom is 0.323 e. The lowest BCUT2D eigenvalue weighted by Crippen LogP contribution is -2.33. The van der Waals surface area contributed by atoms with E-state index in [4.69, 9.17) is 4.74 Å². The van der Waals surface area contributed by atoms with E-state index in [1.807, 2.05) is 63.2 Å². The minimum Gasteiger partial charge on any atom is -0.465 e. The third kappa shape index (κ3) is 9.19. The van der Waals surface area contributed by atoms with Crippen LogP contribution in [0.2, 0.25) is 0 Å². The molecule has 0 saturated heterocycles. The minimum atomic E-state index is -0.908. The Hall–Kier alpha value is -3.35. The molecule has 208 valence electrons. The third-order valence-electron chi connectivity index (χ3n) is 6.26. The molecule has 7 heteroatoms. The molecule has 0 aliphatic rings. The van der Waals surface area contributed by atoms with Crippen molar-refractivity contribution >= 4 is 35.3 Å². The molecule has 2 aromatic rings. The SMILES string of the molecule is CCCOC(=O)C(C=O)C(CC)c1ccc(N(CC(C)C)CC(C)C)c(NC(=O)Nc2ccc(C)cc2)c1. The second-order valence-corrected chi connectivity index (χ2v) is 10.8. The summed E-state index contributed by atoms with van der Waals surface area (Å²) in [5.41, 5.74) is 4.15. The van der Waals surface area contributed by atoms with Crippen molar-refractivity contribution in [3.63, 3.8) is 0 Å². The van der Waals surface area contributed by atoms with E-state index < -0.39 is 11.9 Å². The number of aldehydes is 1. The highest BCUT2D eigenvalue weighted by molar-refractivity contribution is 6.02. The highest BCUT2D eigenvalue weighted by atomic mass is 16.5. The molecule has 0 aliphatic heterocycles. The zero-order chi connectivity index (χ0) is 28.2. The molecular formula is C31H45N3O4. The maximum atomic E-state index is 13.1. The number of benzene rings is 2. The average Bonchev–Trinajstić information content (AvgIpc) is 2.86. The standard InChI is InChI=1S/C31H45N3O4/c1-8-16-38-30(36)27(20-35)26(9-2)24-12-15-29(34(18-21(3)4)19-22(5)6)28(17-24)33-31(37)32-25-13-10-23(7)11-14-25/h10-15,17,20-22,26-27H,8-9,16,18-19H2,1-7H3,(H2,32,33,37). The van der Waals surface area contributed by atoms with Gasteiger partial charge in [-0.1, -0.05) is 65.3 Å². The zero-order valence-electron chi connectivity index (χ0n) is 24.0. The Balaban J connectivity index is 2.49. The van der Waals surface area contributed by atoms with Gasteiger partial charge in [-0.2, -0.15) is 0 Å². The number of amides is 2. The van der Waals surface area contributed by atoms with Crippen LogP contribution in [0, 0.1) is 24.7 Å². The van der Waals surface area contributed by atoms with Crippen LogP contribution < -0.4 is 15.5 Å². The Kier molecular flexibility index (Phi) is 12.3. The van der Waals surface area contributed by atoms with Crippen LogP contribution in [0.5, 0.6) is 0 Å². The van der Waals surface area contributed by atoms with E-state index in [0.29, 0.717) is 42.3 Å². The fourth-order valence-corrected chi connectivity index (χ4v) is 4.55. The third-order valence-corrected chi connectivity index (χ3v) is 6.26. The van der Waals surface area contributed by atoms with Gasteiger partial charge >= 0.3 is 12.0 Å². The molecule has 0 fully saturated rings. The lowest BCUT2D eigenvalue weighted by molar-refractivity contribution is -0.150. The van der Waals surface area contributed by atoms with Crippen molar-refractivity contribution in [1.29, 1.82) is 0 Å². The highest BCUT2D eigenvalue weighted by Gasteiger charge is 2.30. The van der Waals surface area contributed by atoms with Gasteiger partial charge in [-0.25, -0.2) is 4.79 Å². The fourth-order valence-electron chi connectivity index (χ4n) is 4.55. The number of esters is 1. The van der Waals surface area contributed by atoms with Crippen LogP contribution in [0.15, 0.2) is 42.5 Å². The highest BCUT2D eigenvalue weighted by Crippen LogP contribution is 2.35. The summed E-state index contributed by atoms with van der Waals surface area (Å²) in [5.74, 6) is -0.951. The van der Waals surface area contributed by atoms with Crippen molar-refractivity contribution in [2.24, 2.45) is 17.8 Å². The predicted molar refractivity (Wildman–Crippen MR) is 156 cm³/mol. The number of aryl methyl sites for hydroxylation is 1. The first-order valence-corrected chi connectivity index (χ1v) is 13.7. The summed E-state index contributed by atoms with van der Waals surface area (Å²) < 4.78 is 5.31. The maximum absolute atomic E-state index is 13.1. The number of hydrogen-bond acceptors (Lipinski definition) is 5. The van der Waals surface area contributed by atoms with Gasteiger partial charge < -0.3 is 25.1 Å². The monoisotopic (exact) mass is 523 g/mol. The van der Waals surface area contributed by atoms with E-state index in [1.54, 1.807) is 0 Å². The van der Waals surface area contributed by atoms with Gasteiger partial charge in [0.2, 0.25) is 0 Å². The first-order chi connectivity index (χ1) is 18.1. The van der Waals surface area contributed by atoms with Crippen LogP contribution in [0.25, 0.3) is 0 Å². The van der Waals surface area contributed by atoms with Crippen molar-refractivity contribution in [3.05, 3.63) is 53.6 Å². The molecule has 38 heavy (non-hydrogen) atoms. The Morgan fingerprint density at radius 1 is 0.947 bits per heavy atom. The van der Waals surface area contributed by atoms with Gasteiger partial charge in [-0.05, 0) is 61.4 Å². The zero-order valence-corrected chi connectivity index (χ0v) is 24.0. The second-order valence-electron chi connectivity index (χ2n) is 10.8. The Morgan fingerprint density at radius 2 is 1.58 bits per heavy atom. The van der Waals surface area contributed by atoms with Gasteiger partial charge in [-0.15, -0.1) is 0 Å². The minimum absolute atomic E-state index is 0.282. The summed E-state index contributed by atoms with van der Waals surface area (Å²) in [6.45, 7) is 16.5. The van der Waals surface area contributed by atoms with E-state index in [1.165, 1.54) is 0 Å². The van der Waals surface area contributed by atoms with Crippen LogP contribution in [0.4, 0.5) is 21.9 Å². The van der Waals surface area contributed by atoms with E-state index in [0.717, 1.165) is 29.9 Å². The molecule has 2 rings (SSSR count). The fraction of sp³-hybridized carbons (Fsp3) is 0.516. The number of carbonyl (C=O) groups excluding carboxylic acids is 3. The first kappa shape index (κ1) is 30.9. The van der Waals surface area contributed by atoms with Crippen molar-refractivity contribution in [3.8, 4) is 0 Å². The molecule has 0 aliphatic carbocycles. The molecule has 0 bridgehead atoms. The quantitative estimate of drug-likeness (QED) is 0.158. The number of urea groups is 1. The van der Waals surface area contributed by atoms with Gasteiger partial charge in [0, 0.05) is 24.7 Å². The van der Waals surface area contributed by atoms with Gasteiger partial charge in [0.25, 0.3) is 0 Å². The summed E-state index contributed by atoms with van der Waals surface area (Å²) in [6, 6.07) is 13.1. The molecule has 0 radical (unpaired) electrons. The molecule has 0 heterocycles. The smallest absolute Gasteiger partial charge is 0.323 e. The molecule has 2 atom stereocenters. The molecule has 0 spiro atoms. The van der Waals surface area contributed by atoms with Crippen LogP contribution in [0.3, 0.4) is 0 Å². The number of hydrogen-bond donors (Lipinski definition) is 2. The topological polar surface area (TPSA) is 87.7 Å². The van der Waals surface area contributed by atoms with Crippen molar-refractivity contribution in [2.45, 2.75) is 67.2 Å². The van der Waals surface area contributed by atoms with E-state index in [9.17, 15) is 14.4 Å². The molecule has 0 saturated carbocycles. The Bertz CT molecular complexity index is 1040. The second kappa shape index (κ2) is 15.2. The molecule has 0 aromatic heterocycles. The lowest BCUT2D eigenvalue weighted by atomic mass is 9.84. The predicted octanol–water partition coefficient (Wildman–Crippen LogP) is 7.02. The molecular weight excluding hydrogens is 478 g/mol. The summed E-state index contributed by atoms with van der Waals surface area (Å²) in [6.07, 6.45) is 1.94. The molecule has 2 aromatic carbocycles. The van der Waals surface area contributed by atoms with Gasteiger partial charge in [0.1, 0.15) is 12.2 Å². The van der Waals surface area contributed by atoms with Gasteiger partial charge in [0.15, 0.2) is 0 Å². The van der Waals surface area contributed by atoms with E-state index in [2.05, 4.69) is 43.2 Å². The Labute approximate surface area is 228 Å². The van der Waals surface area contributed by atoms with Crippen molar-refractivity contribution in [1.82, 2.24) is 0 Å². The van der Waals surface area contributed by atoms with Crippen LogP contribution in [-0.4, -0.2) is 38.0 Å². The summed E-state index contributed by atoms with van der Waals surface area (Å²) >= 11 is 0. The van der Waals surface area contributed by atoms with Crippen LogP contribution in [0.1, 0.15) is 71.4 Å². The van der Waals surface area contributed by atoms with Gasteiger partial charge in [-0.3, -0.25) is 4.79 Å². The van der Waals surface area contributed by atoms with Crippen LogP contribution in [-0.2, 0) is 14.3 Å². The average molecular weight is 524 g/mol. The number of nitrogens with zero attached hydrogens (tertiary/aromatic N) is 1. The molecule has 2 N–H and O–H groups in total. The summed E-state index contributed by atoms with van der Waals surface area (Å²) in [5, 5.41) is 5.95. The van der Waals surface area contributed by atoms with Crippen molar-refractivity contribution in [2.75, 3.05) is 35.2 Å². The first-order valence-electron chi connectivity index (χ1n) is 13.7. The van der Waals surface area contributed by atoms with Gasteiger partial charge in [0.05, 0.1) is 18.0 Å². The van der Waals surface area contributed by atoms with Crippen LogP contribution >= 0.6 is 0 Å². The van der Waals surface area contributed by atoms with E-state index >= 15 is 0 Å². The summed E-state index contributed by atoms with van der Waals surface area (Å²) in [4.78, 5) is 40.0. The normalized spacial score (nSPS) is 12.7. The van der Waals surface area contributed by atoms with Crippen molar-refractivity contribution < 1.29 is 19.1 Å². The number of carbonyl (C=O) groups is 3. The molecule has 2 unspecified atom stereocenters. The largest absolute Gasteiger partial charge is 0.465 e. The van der Waals surface area contributed by atoms with E-state index in [-0.39, 0.29) is 18.6 Å². The summed E-state index contributed by atoms with van der Waals surface area (Å²) in [7, 11) is 0. The number of rotatable bonds is 14. The number of anilines is 3. The lowest BCUT2D eigenvalue weighted by Gasteiger charge is -2.31. The molecule has 2 amide bonds. The number of nitrogens with one attached hydrogen (secondary N) is 2. The number of ether oxygens (including phenoxy) is 1. The Morgan fingerprint density at radius 3 is 2.11 bits per heavy atom. The molecule has 7 nitrogen and oxygen atoms in total.